The maximum atomic E-state index is 12.5. The van der Waals surface area contributed by atoms with Gasteiger partial charge >= 0.3 is 5.97 Å². The maximum Gasteiger partial charge on any atom is 0.341 e. The van der Waals surface area contributed by atoms with Gasteiger partial charge in [-0.15, -0.1) is 0 Å². The summed E-state index contributed by atoms with van der Waals surface area (Å²) in [4.78, 5) is 23.2. The quantitative estimate of drug-likeness (QED) is 0.524. The van der Waals surface area contributed by atoms with Crippen LogP contribution in [0.5, 0.6) is 11.5 Å². The summed E-state index contributed by atoms with van der Waals surface area (Å²) in [5.41, 5.74) is 2.96. The van der Waals surface area contributed by atoms with Crippen molar-refractivity contribution in [2.75, 3.05) is 19.0 Å². The van der Waals surface area contributed by atoms with Crippen LogP contribution in [0, 0.1) is 25.2 Å². The fourth-order valence-electron chi connectivity index (χ4n) is 2.43. The van der Waals surface area contributed by atoms with Crippen molar-refractivity contribution in [2.24, 2.45) is 0 Å². The summed E-state index contributed by atoms with van der Waals surface area (Å²) in [7, 11) is 1.37. The van der Waals surface area contributed by atoms with E-state index >= 15 is 0 Å². The van der Waals surface area contributed by atoms with Crippen molar-refractivity contribution in [2.45, 2.75) is 13.8 Å². The van der Waals surface area contributed by atoms with Crippen LogP contribution in [0.1, 0.15) is 16.7 Å². The topological polar surface area (TPSA) is 109 Å². The Hall–Kier alpha value is -3.50. The van der Waals surface area contributed by atoms with Crippen LogP contribution >= 0.6 is 11.6 Å². The molecule has 2 N–H and O–H groups in total. The number of benzene rings is 2. The van der Waals surface area contributed by atoms with E-state index in [2.05, 4.69) is 5.32 Å². The van der Waals surface area contributed by atoms with E-state index in [0.717, 1.165) is 11.1 Å². The molecule has 8 heteroatoms. The Labute approximate surface area is 173 Å². The summed E-state index contributed by atoms with van der Waals surface area (Å²) in [5, 5.41) is 20.9. The number of halogens is 1. The van der Waals surface area contributed by atoms with Gasteiger partial charge in [-0.25, -0.2) is 4.79 Å². The minimum absolute atomic E-state index is 0.0619. The smallest absolute Gasteiger partial charge is 0.341 e. The molecule has 0 aliphatic heterocycles. The van der Waals surface area contributed by atoms with Gasteiger partial charge in [0.25, 0.3) is 5.91 Å². The summed E-state index contributed by atoms with van der Waals surface area (Å²) in [5.74, 6) is -1.50. The fraction of sp³-hybridized carbons (Fsp3) is 0.190. The largest absolute Gasteiger partial charge is 0.493 e. The molecule has 7 nitrogen and oxygen atoms in total. The second-order valence-corrected chi connectivity index (χ2v) is 6.55. The SMILES string of the molecule is COc1cc(/C=C(\C#N)C(=O)Nc2ccc(C)c(C)c2)cc(Cl)c1OCC(=O)O. The first-order valence-electron chi connectivity index (χ1n) is 8.47. The number of nitrogens with zero attached hydrogens (tertiary/aromatic N) is 1. The van der Waals surface area contributed by atoms with E-state index in [-0.39, 0.29) is 22.1 Å². The molecule has 0 saturated heterocycles. The normalized spacial score (nSPS) is 10.8. The lowest BCUT2D eigenvalue weighted by molar-refractivity contribution is -0.139. The number of carboxylic acids is 1. The van der Waals surface area contributed by atoms with Gasteiger partial charge in [-0.1, -0.05) is 17.7 Å². The van der Waals surface area contributed by atoms with Crippen molar-refractivity contribution in [1.29, 1.82) is 5.26 Å². The van der Waals surface area contributed by atoms with Crippen molar-refractivity contribution in [3.8, 4) is 17.6 Å². The van der Waals surface area contributed by atoms with Crippen molar-refractivity contribution < 1.29 is 24.2 Å². The van der Waals surface area contributed by atoms with Crippen molar-refractivity contribution >= 4 is 35.2 Å². The minimum Gasteiger partial charge on any atom is -0.493 e. The lowest BCUT2D eigenvalue weighted by atomic mass is 10.1. The zero-order valence-corrected chi connectivity index (χ0v) is 16.8. The Kier molecular flexibility index (Phi) is 7.23. The third-order valence-electron chi connectivity index (χ3n) is 4.03. The van der Waals surface area contributed by atoms with Crippen molar-refractivity contribution in [3.63, 3.8) is 0 Å². The molecule has 0 fully saturated rings. The molecular weight excluding hydrogens is 396 g/mol. The first-order valence-corrected chi connectivity index (χ1v) is 8.85. The molecule has 2 rings (SSSR count). The van der Waals surface area contributed by atoms with Gasteiger partial charge in [0.15, 0.2) is 18.1 Å². The summed E-state index contributed by atoms with van der Waals surface area (Å²) in [6.45, 7) is 3.30. The highest BCUT2D eigenvalue weighted by atomic mass is 35.5. The fourth-order valence-corrected chi connectivity index (χ4v) is 2.70. The third-order valence-corrected chi connectivity index (χ3v) is 4.31. The van der Waals surface area contributed by atoms with Gasteiger partial charge in [0.05, 0.1) is 12.1 Å². The number of carbonyl (C=O) groups is 2. The van der Waals surface area contributed by atoms with Crippen LogP contribution in [0.15, 0.2) is 35.9 Å². The maximum absolute atomic E-state index is 12.5. The zero-order chi connectivity index (χ0) is 21.6. The molecule has 0 aliphatic carbocycles. The second-order valence-electron chi connectivity index (χ2n) is 6.14. The van der Waals surface area contributed by atoms with Crippen LogP contribution in [0.25, 0.3) is 6.08 Å². The van der Waals surface area contributed by atoms with Gasteiger partial charge in [0.1, 0.15) is 11.6 Å². The van der Waals surface area contributed by atoms with E-state index in [1.807, 2.05) is 32.0 Å². The molecule has 0 unspecified atom stereocenters. The van der Waals surface area contributed by atoms with Crippen LogP contribution in [0.3, 0.4) is 0 Å². The highest BCUT2D eigenvalue weighted by Gasteiger charge is 2.15. The molecule has 0 saturated carbocycles. The molecule has 2 aromatic rings. The Bertz CT molecular complexity index is 1020. The van der Waals surface area contributed by atoms with E-state index < -0.39 is 18.5 Å². The summed E-state index contributed by atoms with van der Waals surface area (Å²) >= 11 is 6.15. The monoisotopic (exact) mass is 414 g/mol. The average Bonchev–Trinajstić information content (AvgIpc) is 2.67. The Morgan fingerprint density at radius 2 is 1.97 bits per heavy atom. The van der Waals surface area contributed by atoms with Crippen LogP contribution in [-0.2, 0) is 9.59 Å². The number of methoxy groups -OCH3 is 1. The Balaban J connectivity index is 2.30. The van der Waals surface area contributed by atoms with Gasteiger partial charge in [-0.3, -0.25) is 4.79 Å². The number of nitriles is 1. The molecule has 0 radical (unpaired) electrons. The van der Waals surface area contributed by atoms with E-state index in [0.29, 0.717) is 11.3 Å². The lowest BCUT2D eigenvalue weighted by Crippen LogP contribution is -2.13. The predicted octanol–water partition coefficient (Wildman–Crippen LogP) is 3.97. The summed E-state index contributed by atoms with van der Waals surface area (Å²) in [6.07, 6.45) is 1.35. The molecule has 0 spiro atoms. The molecule has 0 bridgehead atoms. The van der Waals surface area contributed by atoms with E-state index in [9.17, 15) is 14.9 Å². The number of carbonyl (C=O) groups excluding carboxylic acids is 1. The molecule has 150 valence electrons. The number of amides is 1. The molecule has 2 aromatic carbocycles. The molecule has 29 heavy (non-hydrogen) atoms. The number of hydrogen-bond donors (Lipinski definition) is 2. The highest BCUT2D eigenvalue weighted by Crippen LogP contribution is 2.37. The number of carboxylic acid groups (broad SMARTS) is 1. The van der Waals surface area contributed by atoms with Crippen molar-refractivity contribution in [3.05, 3.63) is 57.6 Å². The summed E-state index contributed by atoms with van der Waals surface area (Å²) < 4.78 is 10.3. The van der Waals surface area contributed by atoms with Gasteiger partial charge < -0.3 is 19.9 Å². The third kappa shape index (κ3) is 5.74. The summed E-state index contributed by atoms with van der Waals surface area (Å²) in [6, 6.07) is 10.2. The first kappa shape index (κ1) is 21.8. The Morgan fingerprint density at radius 1 is 1.24 bits per heavy atom. The van der Waals surface area contributed by atoms with Crippen molar-refractivity contribution in [1.82, 2.24) is 0 Å². The number of aliphatic carboxylic acids is 1. The number of hydrogen-bond acceptors (Lipinski definition) is 5. The number of rotatable bonds is 7. The zero-order valence-electron chi connectivity index (χ0n) is 16.1. The minimum atomic E-state index is -1.16. The number of nitrogens with one attached hydrogen (secondary N) is 1. The van der Waals surface area contributed by atoms with E-state index in [1.165, 1.54) is 25.3 Å². The van der Waals surface area contributed by atoms with Crippen LogP contribution in [0.2, 0.25) is 5.02 Å². The van der Waals surface area contributed by atoms with Gasteiger partial charge in [-0.2, -0.15) is 5.26 Å². The van der Waals surface area contributed by atoms with Gasteiger partial charge in [0.2, 0.25) is 0 Å². The number of aryl methyl sites for hydroxylation is 2. The van der Waals surface area contributed by atoms with Crippen LogP contribution < -0.4 is 14.8 Å². The second kappa shape index (κ2) is 9.62. The number of anilines is 1. The Morgan fingerprint density at radius 3 is 2.55 bits per heavy atom. The standard InChI is InChI=1S/C21H19ClN2O5/c1-12-4-5-16(6-13(12)2)24-21(27)15(10-23)7-14-8-17(22)20(18(9-14)28-3)29-11-19(25)26/h4-9H,11H2,1-3H3,(H,24,27)(H,25,26)/b15-7+. The van der Waals surface area contributed by atoms with Gasteiger partial charge in [-0.05, 0) is 60.9 Å². The average molecular weight is 415 g/mol. The number of ether oxygens (including phenoxy) is 2. The highest BCUT2D eigenvalue weighted by molar-refractivity contribution is 6.32. The molecule has 0 aromatic heterocycles. The first-order chi connectivity index (χ1) is 13.7. The molecule has 0 aliphatic rings. The molecule has 0 atom stereocenters. The molecular formula is C21H19ClN2O5. The lowest BCUT2D eigenvalue weighted by Gasteiger charge is -2.12. The van der Waals surface area contributed by atoms with Gasteiger partial charge in [0, 0.05) is 5.69 Å². The molecule has 1 amide bonds. The van der Waals surface area contributed by atoms with Crippen LogP contribution in [-0.4, -0.2) is 30.7 Å². The van der Waals surface area contributed by atoms with E-state index in [4.69, 9.17) is 26.2 Å². The van der Waals surface area contributed by atoms with E-state index in [1.54, 1.807) is 6.07 Å². The predicted molar refractivity (Wildman–Crippen MR) is 109 cm³/mol. The van der Waals surface area contributed by atoms with Crippen LogP contribution in [0.4, 0.5) is 5.69 Å². The molecule has 0 heterocycles.